The third kappa shape index (κ3) is 3.27. The van der Waals surface area contributed by atoms with E-state index >= 15 is 0 Å². The lowest BCUT2D eigenvalue weighted by Gasteiger charge is -2.10. The standard InChI is InChI=1S/C11H16N2O3/c14-11(12-5-9-1-3-15-7-9)13-6-10-2-4-16-8-10/h1,3,7,10H,2,4-6,8H2,(H2,12,13,14)/t10-/m1/s1. The summed E-state index contributed by atoms with van der Waals surface area (Å²) in [4.78, 5) is 11.4. The molecule has 0 saturated carbocycles. The molecule has 1 saturated heterocycles. The van der Waals surface area contributed by atoms with Gasteiger partial charge in [-0.25, -0.2) is 4.79 Å². The SMILES string of the molecule is O=C(NCc1ccoc1)NC[C@H]1CCOC1. The second-order valence-corrected chi connectivity index (χ2v) is 3.92. The fraction of sp³-hybridized carbons (Fsp3) is 0.545. The first-order chi connectivity index (χ1) is 7.84. The average molecular weight is 224 g/mol. The Morgan fingerprint density at radius 3 is 3.12 bits per heavy atom. The number of amides is 2. The summed E-state index contributed by atoms with van der Waals surface area (Å²) in [6, 6.07) is 1.68. The van der Waals surface area contributed by atoms with Crippen molar-refractivity contribution >= 4 is 6.03 Å². The van der Waals surface area contributed by atoms with Crippen molar-refractivity contribution in [1.29, 1.82) is 0 Å². The Morgan fingerprint density at radius 2 is 2.44 bits per heavy atom. The summed E-state index contributed by atoms with van der Waals surface area (Å²) in [5, 5.41) is 5.58. The van der Waals surface area contributed by atoms with Crippen LogP contribution in [0.1, 0.15) is 12.0 Å². The number of furan rings is 1. The highest BCUT2D eigenvalue weighted by atomic mass is 16.5. The summed E-state index contributed by atoms with van der Waals surface area (Å²) in [5.74, 6) is 0.458. The van der Waals surface area contributed by atoms with Crippen molar-refractivity contribution in [3.05, 3.63) is 24.2 Å². The zero-order valence-corrected chi connectivity index (χ0v) is 9.07. The first-order valence-corrected chi connectivity index (χ1v) is 5.45. The smallest absolute Gasteiger partial charge is 0.315 e. The molecule has 16 heavy (non-hydrogen) atoms. The number of carbonyl (C=O) groups is 1. The first-order valence-electron chi connectivity index (χ1n) is 5.45. The lowest BCUT2D eigenvalue weighted by Crippen LogP contribution is -2.37. The van der Waals surface area contributed by atoms with Crippen molar-refractivity contribution in [3.8, 4) is 0 Å². The van der Waals surface area contributed by atoms with E-state index in [2.05, 4.69) is 10.6 Å². The Morgan fingerprint density at radius 1 is 1.50 bits per heavy atom. The fourth-order valence-electron chi connectivity index (χ4n) is 1.62. The van der Waals surface area contributed by atoms with Gasteiger partial charge in [0, 0.05) is 31.2 Å². The van der Waals surface area contributed by atoms with Gasteiger partial charge < -0.3 is 19.8 Å². The monoisotopic (exact) mass is 224 g/mol. The van der Waals surface area contributed by atoms with Crippen molar-refractivity contribution in [2.45, 2.75) is 13.0 Å². The summed E-state index contributed by atoms with van der Waals surface area (Å²) >= 11 is 0. The van der Waals surface area contributed by atoms with Crippen molar-refractivity contribution in [1.82, 2.24) is 10.6 Å². The van der Waals surface area contributed by atoms with E-state index in [4.69, 9.17) is 9.15 Å². The number of hydrogen-bond donors (Lipinski definition) is 2. The third-order valence-corrected chi connectivity index (χ3v) is 2.61. The lowest BCUT2D eigenvalue weighted by molar-refractivity contribution is 0.185. The van der Waals surface area contributed by atoms with Crippen LogP contribution >= 0.6 is 0 Å². The third-order valence-electron chi connectivity index (χ3n) is 2.61. The van der Waals surface area contributed by atoms with Gasteiger partial charge in [0.15, 0.2) is 0 Å². The molecule has 88 valence electrons. The molecule has 1 aromatic heterocycles. The summed E-state index contributed by atoms with van der Waals surface area (Å²) in [6.07, 6.45) is 4.23. The Hall–Kier alpha value is -1.49. The van der Waals surface area contributed by atoms with Crippen LogP contribution in [-0.2, 0) is 11.3 Å². The van der Waals surface area contributed by atoms with Gasteiger partial charge in [0.25, 0.3) is 0 Å². The van der Waals surface area contributed by atoms with Gasteiger partial charge in [-0.1, -0.05) is 0 Å². The highest BCUT2D eigenvalue weighted by Crippen LogP contribution is 2.10. The summed E-state index contributed by atoms with van der Waals surface area (Å²) in [6.45, 7) is 2.73. The minimum atomic E-state index is -0.145. The largest absolute Gasteiger partial charge is 0.472 e. The molecule has 1 aliphatic rings. The van der Waals surface area contributed by atoms with Crippen LogP contribution in [0.4, 0.5) is 4.79 Å². The van der Waals surface area contributed by atoms with Crippen molar-refractivity contribution < 1.29 is 13.9 Å². The van der Waals surface area contributed by atoms with E-state index < -0.39 is 0 Å². The van der Waals surface area contributed by atoms with Crippen LogP contribution in [0, 0.1) is 5.92 Å². The van der Waals surface area contributed by atoms with Crippen LogP contribution in [0.15, 0.2) is 23.0 Å². The molecule has 1 fully saturated rings. The Kier molecular flexibility index (Phi) is 3.82. The molecule has 2 rings (SSSR count). The maximum atomic E-state index is 11.4. The predicted molar refractivity (Wildman–Crippen MR) is 57.9 cm³/mol. The maximum Gasteiger partial charge on any atom is 0.315 e. The normalized spacial score (nSPS) is 19.6. The van der Waals surface area contributed by atoms with E-state index in [0.29, 0.717) is 19.0 Å². The van der Waals surface area contributed by atoms with E-state index in [1.54, 1.807) is 12.5 Å². The molecule has 1 aliphatic heterocycles. The molecule has 0 bridgehead atoms. The second kappa shape index (κ2) is 5.55. The minimum Gasteiger partial charge on any atom is -0.472 e. The van der Waals surface area contributed by atoms with Crippen molar-refractivity contribution in [2.75, 3.05) is 19.8 Å². The molecule has 0 radical (unpaired) electrons. The van der Waals surface area contributed by atoms with Crippen molar-refractivity contribution in [3.63, 3.8) is 0 Å². The molecule has 5 heteroatoms. The van der Waals surface area contributed by atoms with Gasteiger partial charge in [0.2, 0.25) is 0 Å². The van der Waals surface area contributed by atoms with Crippen LogP contribution in [0.2, 0.25) is 0 Å². The van der Waals surface area contributed by atoms with Gasteiger partial charge in [-0.05, 0) is 12.5 Å². The Bertz CT molecular complexity index is 318. The number of nitrogens with one attached hydrogen (secondary N) is 2. The molecular weight excluding hydrogens is 208 g/mol. The van der Waals surface area contributed by atoms with Gasteiger partial charge in [0.05, 0.1) is 19.1 Å². The molecule has 0 aliphatic carbocycles. The fourth-order valence-corrected chi connectivity index (χ4v) is 1.62. The van der Waals surface area contributed by atoms with Gasteiger partial charge in [-0.3, -0.25) is 0 Å². The maximum absolute atomic E-state index is 11.4. The number of ether oxygens (including phenoxy) is 1. The molecule has 5 nitrogen and oxygen atoms in total. The number of rotatable bonds is 4. The Labute approximate surface area is 94.1 Å². The minimum absolute atomic E-state index is 0.145. The zero-order chi connectivity index (χ0) is 11.2. The Balaban J connectivity index is 1.60. The summed E-state index contributed by atoms with van der Waals surface area (Å²) in [7, 11) is 0. The number of urea groups is 1. The van der Waals surface area contributed by atoms with Crippen LogP contribution in [0.3, 0.4) is 0 Å². The molecule has 1 aromatic rings. The molecule has 0 spiro atoms. The van der Waals surface area contributed by atoms with E-state index in [9.17, 15) is 4.79 Å². The topological polar surface area (TPSA) is 63.5 Å². The van der Waals surface area contributed by atoms with Crippen LogP contribution < -0.4 is 10.6 Å². The average Bonchev–Trinajstić information content (AvgIpc) is 2.96. The van der Waals surface area contributed by atoms with E-state index in [1.807, 2.05) is 6.07 Å². The van der Waals surface area contributed by atoms with Crippen LogP contribution in [0.25, 0.3) is 0 Å². The molecule has 2 heterocycles. The van der Waals surface area contributed by atoms with Crippen molar-refractivity contribution in [2.24, 2.45) is 5.92 Å². The molecular formula is C11H16N2O3. The first kappa shape index (κ1) is 11.0. The number of hydrogen-bond acceptors (Lipinski definition) is 3. The van der Waals surface area contributed by atoms with E-state index in [1.165, 1.54) is 0 Å². The van der Waals surface area contributed by atoms with Gasteiger partial charge >= 0.3 is 6.03 Å². The van der Waals surface area contributed by atoms with Crippen LogP contribution in [-0.4, -0.2) is 25.8 Å². The number of carbonyl (C=O) groups excluding carboxylic acids is 1. The lowest BCUT2D eigenvalue weighted by atomic mass is 10.1. The second-order valence-electron chi connectivity index (χ2n) is 3.92. The molecule has 2 N–H and O–H groups in total. The van der Waals surface area contributed by atoms with E-state index in [0.717, 1.165) is 25.2 Å². The molecule has 1 atom stereocenters. The highest BCUT2D eigenvalue weighted by Gasteiger charge is 2.15. The zero-order valence-electron chi connectivity index (χ0n) is 9.07. The van der Waals surface area contributed by atoms with Gasteiger partial charge in [-0.15, -0.1) is 0 Å². The summed E-state index contributed by atoms with van der Waals surface area (Å²) < 4.78 is 10.1. The van der Waals surface area contributed by atoms with Crippen LogP contribution in [0.5, 0.6) is 0 Å². The molecule has 0 aromatic carbocycles. The van der Waals surface area contributed by atoms with Gasteiger partial charge in [0.1, 0.15) is 0 Å². The quantitative estimate of drug-likeness (QED) is 0.805. The highest BCUT2D eigenvalue weighted by molar-refractivity contribution is 5.73. The van der Waals surface area contributed by atoms with Gasteiger partial charge in [-0.2, -0.15) is 0 Å². The predicted octanol–water partition coefficient (Wildman–Crippen LogP) is 1.12. The molecule has 0 unspecified atom stereocenters. The summed E-state index contributed by atoms with van der Waals surface area (Å²) in [5.41, 5.74) is 0.958. The van der Waals surface area contributed by atoms with E-state index in [-0.39, 0.29) is 6.03 Å². The molecule has 2 amide bonds.